The van der Waals surface area contributed by atoms with Crippen LogP contribution < -0.4 is 5.32 Å². The molecule has 2 N–H and O–H groups in total. The van der Waals surface area contributed by atoms with E-state index in [1.54, 1.807) is 23.5 Å². The lowest BCUT2D eigenvalue weighted by molar-refractivity contribution is 0.476. The van der Waals surface area contributed by atoms with Gasteiger partial charge in [0.15, 0.2) is 0 Å². The molecule has 0 saturated carbocycles. The second-order valence-electron chi connectivity index (χ2n) is 6.05. The molecule has 0 amide bonds. The molecular formula is C21H26N2OS. The number of likely N-dealkylation sites (N-methyl/N-ethyl adjacent to an activating group) is 1. The molecule has 0 aliphatic rings. The van der Waals surface area contributed by atoms with Gasteiger partial charge < -0.3 is 10.4 Å². The van der Waals surface area contributed by atoms with Gasteiger partial charge >= 0.3 is 0 Å². The third-order valence-electron chi connectivity index (χ3n) is 4.03. The fourth-order valence-electron chi connectivity index (χ4n) is 2.35. The summed E-state index contributed by atoms with van der Waals surface area (Å²) < 4.78 is 1.01. The molecule has 2 rings (SSSR count). The Bertz CT molecular complexity index is 814. The quantitative estimate of drug-likeness (QED) is 0.601. The average Bonchev–Trinajstić information content (AvgIpc) is 3.01. The molecule has 0 aliphatic heterocycles. The summed E-state index contributed by atoms with van der Waals surface area (Å²) in [4.78, 5) is 4.58. The van der Waals surface area contributed by atoms with Crippen LogP contribution in [0, 0.1) is 5.92 Å². The Balaban J connectivity index is 1.91. The van der Waals surface area contributed by atoms with E-state index in [-0.39, 0.29) is 5.75 Å². The van der Waals surface area contributed by atoms with Gasteiger partial charge in [-0.15, -0.1) is 11.3 Å². The van der Waals surface area contributed by atoms with Crippen molar-refractivity contribution in [1.82, 2.24) is 10.3 Å². The molecule has 25 heavy (non-hydrogen) atoms. The van der Waals surface area contributed by atoms with E-state index in [9.17, 15) is 5.11 Å². The van der Waals surface area contributed by atoms with Crippen LogP contribution >= 0.6 is 11.3 Å². The number of hydrogen-bond donors (Lipinski definition) is 2. The summed E-state index contributed by atoms with van der Waals surface area (Å²) in [5.74, 6) is 0.754. The summed E-state index contributed by atoms with van der Waals surface area (Å²) in [5.41, 5.74) is 3.16. The van der Waals surface area contributed by atoms with Crippen LogP contribution in [0.1, 0.15) is 31.7 Å². The van der Waals surface area contributed by atoms with E-state index in [0.717, 1.165) is 33.8 Å². The molecule has 1 unspecified atom stereocenters. The van der Waals surface area contributed by atoms with Crippen molar-refractivity contribution in [3.8, 4) is 5.75 Å². The van der Waals surface area contributed by atoms with E-state index in [0.29, 0.717) is 5.92 Å². The van der Waals surface area contributed by atoms with E-state index >= 15 is 0 Å². The van der Waals surface area contributed by atoms with E-state index in [1.165, 1.54) is 5.57 Å². The fraction of sp³-hybridized carbons (Fsp3) is 0.286. The van der Waals surface area contributed by atoms with Gasteiger partial charge in [-0.1, -0.05) is 37.3 Å². The molecule has 1 atom stereocenters. The molecule has 0 bridgehead atoms. The van der Waals surface area contributed by atoms with Crippen LogP contribution in [0.3, 0.4) is 0 Å². The second kappa shape index (κ2) is 9.23. The normalized spacial score (nSPS) is 13.8. The monoisotopic (exact) mass is 354 g/mol. The second-order valence-corrected chi connectivity index (χ2v) is 7.11. The maximum Gasteiger partial charge on any atom is 0.117 e. The first-order valence-corrected chi connectivity index (χ1v) is 9.31. The van der Waals surface area contributed by atoms with Gasteiger partial charge in [0.05, 0.1) is 10.2 Å². The van der Waals surface area contributed by atoms with Crippen molar-refractivity contribution in [3.05, 3.63) is 65.4 Å². The number of nitrogens with zero attached hydrogens (tertiary/aromatic N) is 1. The van der Waals surface area contributed by atoms with Crippen molar-refractivity contribution >= 4 is 27.6 Å². The Kier molecular flexibility index (Phi) is 7.02. The lowest BCUT2D eigenvalue weighted by Gasteiger charge is -2.07. The van der Waals surface area contributed by atoms with Crippen LogP contribution in [0.25, 0.3) is 16.3 Å². The highest BCUT2D eigenvalue weighted by atomic mass is 32.1. The van der Waals surface area contributed by atoms with Crippen molar-refractivity contribution in [2.24, 2.45) is 5.92 Å². The number of phenolic OH excluding ortho intramolecular Hbond substituents is 1. The van der Waals surface area contributed by atoms with Crippen molar-refractivity contribution in [2.75, 3.05) is 7.05 Å². The number of allylic oxidation sites excluding steroid dienone is 5. The molecule has 1 aromatic carbocycles. The Labute approximate surface area is 154 Å². The molecular weight excluding hydrogens is 328 g/mol. The predicted octanol–water partition coefficient (Wildman–Crippen LogP) is 5.67. The summed E-state index contributed by atoms with van der Waals surface area (Å²) in [6.07, 6.45) is 12.7. The lowest BCUT2D eigenvalue weighted by Crippen LogP contribution is -2.00. The standard InChI is InChI=1S/C21H26N2OS/c1-5-17(10-8-16(3)22-4)9-6-15(2)7-13-21-23-19-12-11-18(24)14-20(19)25-21/h5,7-8,10-15,22,24H,3,6,9H2,1-2,4H3/b10-8-,13-7+,17-5-. The third-order valence-corrected chi connectivity index (χ3v) is 5.02. The number of thiazole rings is 1. The Morgan fingerprint density at radius 2 is 2.20 bits per heavy atom. The highest BCUT2D eigenvalue weighted by Crippen LogP contribution is 2.27. The van der Waals surface area contributed by atoms with E-state index in [1.807, 2.05) is 19.2 Å². The van der Waals surface area contributed by atoms with Crippen LogP contribution in [-0.4, -0.2) is 17.1 Å². The molecule has 0 spiro atoms. The first-order valence-electron chi connectivity index (χ1n) is 8.49. The molecule has 4 heteroatoms. The number of aromatic nitrogens is 1. The van der Waals surface area contributed by atoms with Gasteiger partial charge in [-0.25, -0.2) is 4.98 Å². The highest BCUT2D eigenvalue weighted by molar-refractivity contribution is 7.19. The van der Waals surface area contributed by atoms with Crippen LogP contribution in [0.2, 0.25) is 0 Å². The van der Waals surface area contributed by atoms with Crippen molar-refractivity contribution in [3.63, 3.8) is 0 Å². The number of hydrogen-bond acceptors (Lipinski definition) is 4. The molecule has 0 saturated heterocycles. The van der Waals surface area contributed by atoms with Crippen molar-refractivity contribution < 1.29 is 5.11 Å². The van der Waals surface area contributed by atoms with Crippen LogP contribution in [0.5, 0.6) is 5.75 Å². The van der Waals surface area contributed by atoms with Crippen LogP contribution in [0.4, 0.5) is 0 Å². The number of fused-ring (bicyclic) bond motifs is 1. The molecule has 132 valence electrons. The number of phenols is 1. The average molecular weight is 355 g/mol. The zero-order chi connectivity index (χ0) is 18.2. The molecule has 0 aliphatic carbocycles. The van der Waals surface area contributed by atoms with Crippen molar-refractivity contribution in [2.45, 2.75) is 26.7 Å². The first-order chi connectivity index (χ1) is 12.0. The van der Waals surface area contributed by atoms with Gasteiger partial charge in [-0.2, -0.15) is 0 Å². The largest absolute Gasteiger partial charge is 0.508 e. The molecule has 0 radical (unpaired) electrons. The minimum atomic E-state index is 0.285. The Morgan fingerprint density at radius 3 is 2.92 bits per heavy atom. The maximum atomic E-state index is 9.54. The van der Waals surface area contributed by atoms with Gasteiger partial charge in [-0.3, -0.25) is 0 Å². The Hall–Kier alpha value is -2.33. The fourth-order valence-corrected chi connectivity index (χ4v) is 3.27. The van der Waals surface area contributed by atoms with Crippen molar-refractivity contribution in [1.29, 1.82) is 0 Å². The summed E-state index contributed by atoms with van der Waals surface area (Å²) >= 11 is 1.60. The smallest absolute Gasteiger partial charge is 0.117 e. The van der Waals surface area contributed by atoms with Gasteiger partial charge in [0.25, 0.3) is 0 Å². The first kappa shape index (κ1) is 19.0. The summed E-state index contributed by atoms with van der Waals surface area (Å²) in [5, 5.41) is 13.5. The molecule has 3 nitrogen and oxygen atoms in total. The topological polar surface area (TPSA) is 45.2 Å². The molecule has 2 aromatic rings. The van der Waals surface area contributed by atoms with Gasteiger partial charge in [-0.05, 0) is 56.0 Å². The third kappa shape index (κ3) is 5.91. The van der Waals surface area contributed by atoms with E-state index in [2.05, 4.69) is 55.0 Å². The number of nitrogens with one attached hydrogen (secondary N) is 1. The predicted molar refractivity (Wildman–Crippen MR) is 110 cm³/mol. The Morgan fingerprint density at radius 1 is 1.40 bits per heavy atom. The van der Waals surface area contributed by atoms with Gasteiger partial charge in [0, 0.05) is 12.7 Å². The summed E-state index contributed by atoms with van der Waals surface area (Å²) in [6.45, 7) is 8.19. The maximum absolute atomic E-state index is 9.54. The minimum Gasteiger partial charge on any atom is -0.508 e. The number of rotatable bonds is 8. The minimum absolute atomic E-state index is 0.285. The highest BCUT2D eigenvalue weighted by Gasteiger charge is 2.04. The molecule has 1 aromatic heterocycles. The SMILES string of the molecule is C=C(/C=C\C(=C/C)CCC(C)/C=C/c1nc2ccc(O)cc2s1)NC. The lowest BCUT2D eigenvalue weighted by atomic mass is 10.00. The zero-order valence-corrected chi connectivity index (χ0v) is 15.9. The van der Waals surface area contributed by atoms with Crippen LogP contribution in [0.15, 0.2) is 60.4 Å². The summed E-state index contributed by atoms with van der Waals surface area (Å²) in [7, 11) is 1.87. The number of benzene rings is 1. The van der Waals surface area contributed by atoms with E-state index < -0.39 is 0 Å². The molecule has 0 fully saturated rings. The number of aromatic hydroxyl groups is 1. The van der Waals surface area contributed by atoms with E-state index in [4.69, 9.17) is 0 Å². The van der Waals surface area contributed by atoms with Gasteiger partial charge in [0.2, 0.25) is 0 Å². The molecule has 1 heterocycles. The summed E-state index contributed by atoms with van der Waals surface area (Å²) in [6, 6.07) is 5.29. The zero-order valence-electron chi connectivity index (χ0n) is 15.1. The van der Waals surface area contributed by atoms with Gasteiger partial charge in [0.1, 0.15) is 10.8 Å². The van der Waals surface area contributed by atoms with Crippen LogP contribution in [-0.2, 0) is 0 Å².